The van der Waals surface area contributed by atoms with Crippen molar-refractivity contribution in [2.45, 2.75) is 6.92 Å². The average molecular weight is 451 g/mol. The van der Waals surface area contributed by atoms with Gasteiger partial charge in [-0.3, -0.25) is 0 Å². The number of rotatable bonds is 6. The number of fused-ring (bicyclic) bond motifs is 1. The lowest BCUT2D eigenvalue weighted by Crippen LogP contribution is -2.09. The van der Waals surface area contributed by atoms with Gasteiger partial charge in [-0.15, -0.1) is 0 Å². The molecule has 4 aromatic rings. The minimum atomic E-state index is -0.605. The SMILES string of the molecule is CCOC(=O)c1c(-c2ccc(OC)cc2)oc2ccc(OC(=O)c3ccccc3Cl)cc12. The van der Waals surface area contributed by atoms with Crippen molar-refractivity contribution >= 4 is 34.5 Å². The minimum absolute atomic E-state index is 0.203. The molecule has 0 fully saturated rings. The summed E-state index contributed by atoms with van der Waals surface area (Å²) in [6.07, 6.45) is 0. The first kappa shape index (κ1) is 21.5. The third-order valence-corrected chi connectivity index (χ3v) is 5.13. The maximum atomic E-state index is 12.8. The molecule has 0 amide bonds. The lowest BCUT2D eigenvalue weighted by Gasteiger charge is -2.06. The number of carbonyl (C=O) groups is 2. The van der Waals surface area contributed by atoms with Gasteiger partial charge < -0.3 is 18.6 Å². The van der Waals surface area contributed by atoms with Crippen LogP contribution in [0.4, 0.5) is 0 Å². The highest BCUT2D eigenvalue weighted by Crippen LogP contribution is 2.37. The van der Waals surface area contributed by atoms with Gasteiger partial charge in [0.1, 0.15) is 28.4 Å². The average Bonchev–Trinajstić information content (AvgIpc) is 3.18. The summed E-state index contributed by atoms with van der Waals surface area (Å²) in [6.45, 7) is 1.93. The van der Waals surface area contributed by atoms with Gasteiger partial charge >= 0.3 is 11.9 Å². The van der Waals surface area contributed by atoms with Gasteiger partial charge in [0.05, 0.1) is 24.3 Å². The van der Waals surface area contributed by atoms with E-state index in [1.165, 1.54) is 0 Å². The molecule has 7 heteroatoms. The van der Waals surface area contributed by atoms with Crippen LogP contribution >= 0.6 is 11.6 Å². The number of halogens is 1. The molecule has 0 atom stereocenters. The van der Waals surface area contributed by atoms with Gasteiger partial charge in [-0.25, -0.2) is 9.59 Å². The molecule has 1 heterocycles. The van der Waals surface area contributed by atoms with E-state index in [-0.39, 0.29) is 28.5 Å². The van der Waals surface area contributed by atoms with E-state index in [9.17, 15) is 9.59 Å². The molecule has 0 spiro atoms. The zero-order valence-electron chi connectivity index (χ0n) is 17.4. The predicted octanol–water partition coefficient (Wildman–Crippen LogP) is 6.16. The number of hydrogen-bond acceptors (Lipinski definition) is 6. The van der Waals surface area contributed by atoms with Crippen LogP contribution in [0.2, 0.25) is 5.02 Å². The van der Waals surface area contributed by atoms with E-state index in [1.54, 1.807) is 80.8 Å². The molecular weight excluding hydrogens is 432 g/mol. The molecule has 6 nitrogen and oxygen atoms in total. The highest BCUT2D eigenvalue weighted by atomic mass is 35.5. The van der Waals surface area contributed by atoms with Crippen LogP contribution in [0.25, 0.3) is 22.3 Å². The van der Waals surface area contributed by atoms with Crippen LogP contribution in [0, 0.1) is 0 Å². The summed E-state index contributed by atoms with van der Waals surface area (Å²) in [7, 11) is 1.58. The third kappa shape index (κ3) is 4.18. The molecular formula is C25H19ClO6. The van der Waals surface area contributed by atoms with E-state index in [1.807, 2.05) is 0 Å². The van der Waals surface area contributed by atoms with Gasteiger partial charge in [-0.1, -0.05) is 23.7 Å². The van der Waals surface area contributed by atoms with Crippen molar-refractivity contribution in [2.75, 3.05) is 13.7 Å². The Balaban J connectivity index is 1.77. The van der Waals surface area contributed by atoms with Crippen LogP contribution in [0.15, 0.2) is 71.1 Å². The van der Waals surface area contributed by atoms with Gasteiger partial charge in [-0.2, -0.15) is 0 Å². The molecule has 0 saturated heterocycles. The lowest BCUT2D eigenvalue weighted by molar-refractivity contribution is 0.0528. The molecule has 4 rings (SSSR count). The summed E-state index contributed by atoms with van der Waals surface area (Å²) in [5.41, 5.74) is 1.63. The Morgan fingerprint density at radius 3 is 2.34 bits per heavy atom. The summed E-state index contributed by atoms with van der Waals surface area (Å²) in [4.78, 5) is 25.4. The summed E-state index contributed by atoms with van der Waals surface area (Å²) in [5, 5.41) is 0.759. The summed E-state index contributed by atoms with van der Waals surface area (Å²) in [6, 6.07) is 18.5. The van der Waals surface area contributed by atoms with Crippen LogP contribution in [-0.2, 0) is 4.74 Å². The maximum Gasteiger partial charge on any atom is 0.345 e. The first-order valence-electron chi connectivity index (χ1n) is 9.86. The highest BCUT2D eigenvalue weighted by Gasteiger charge is 2.24. The largest absolute Gasteiger partial charge is 0.497 e. The quantitative estimate of drug-likeness (QED) is 0.259. The Bertz CT molecular complexity index is 1290. The molecule has 0 aliphatic heterocycles. The fourth-order valence-electron chi connectivity index (χ4n) is 3.28. The predicted molar refractivity (Wildman–Crippen MR) is 121 cm³/mol. The molecule has 0 aliphatic carbocycles. The van der Waals surface area contributed by atoms with Crippen LogP contribution in [-0.4, -0.2) is 25.7 Å². The van der Waals surface area contributed by atoms with Crippen molar-refractivity contribution in [3.8, 4) is 22.8 Å². The number of esters is 2. The van der Waals surface area contributed by atoms with E-state index < -0.39 is 11.9 Å². The van der Waals surface area contributed by atoms with Gasteiger partial charge in [0.2, 0.25) is 0 Å². The smallest absolute Gasteiger partial charge is 0.345 e. The molecule has 0 N–H and O–H groups in total. The molecule has 0 unspecified atom stereocenters. The Morgan fingerprint density at radius 1 is 0.938 bits per heavy atom. The first-order chi connectivity index (χ1) is 15.5. The number of hydrogen-bond donors (Lipinski definition) is 0. The zero-order valence-corrected chi connectivity index (χ0v) is 18.1. The summed E-state index contributed by atoms with van der Waals surface area (Å²) < 4.78 is 21.9. The van der Waals surface area contributed by atoms with Crippen molar-refractivity contribution < 1.29 is 28.2 Å². The van der Waals surface area contributed by atoms with Crippen LogP contribution in [0.1, 0.15) is 27.6 Å². The molecule has 32 heavy (non-hydrogen) atoms. The molecule has 1 aromatic heterocycles. The van der Waals surface area contributed by atoms with Crippen LogP contribution in [0.5, 0.6) is 11.5 Å². The monoisotopic (exact) mass is 450 g/mol. The topological polar surface area (TPSA) is 75.0 Å². The summed E-state index contributed by atoms with van der Waals surface area (Å²) in [5.74, 6) is 0.139. The molecule has 3 aromatic carbocycles. The second-order valence-corrected chi connectivity index (χ2v) is 7.19. The second kappa shape index (κ2) is 9.16. The standard InChI is InChI=1S/C25H19ClO6/c1-3-30-25(28)22-19-14-17(31-24(27)18-6-4-5-7-20(18)26)12-13-21(19)32-23(22)15-8-10-16(29-2)11-9-15/h4-14H,3H2,1-2H3. The Kier molecular flexibility index (Phi) is 6.14. The third-order valence-electron chi connectivity index (χ3n) is 4.80. The fourth-order valence-corrected chi connectivity index (χ4v) is 3.49. The van der Waals surface area contributed by atoms with E-state index in [0.29, 0.717) is 28.0 Å². The number of furan rings is 1. The van der Waals surface area contributed by atoms with E-state index in [0.717, 1.165) is 0 Å². The van der Waals surface area contributed by atoms with Gasteiger partial charge in [0.15, 0.2) is 0 Å². The number of benzene rings is 3. The zero-order chi connectivity index (χ0) is 22.7. The normalized spacial score (nSPS) is 10.7. The second-order valence-electron chi connectivity index (χ2n) is 6.78. The van der Waals surface area contributed by atoms with E-state index >= 15 is 0 Å². The van der Waals surface area contributed by atoms with Gasteiger partial charge in [-0.05, 0) is 61.5 Å². The van der Waals surface area contributed by atoms with Crippen molar-refractivity contribution in [1.29, 1.82) is 0 Å². The Labute approximate surface area is 189 Å². The Morgan fingerprint density at radius 2 is 1.66 bits per heavy atom. The van der Waals surface area contributed by atoms with E-state index in [4.69, 9.17) is 30.2 Å². The van der Waals surface area contributed by atoms with Crippen LogP contribution < -0.4 is 9.47 Å². The number of methoxy groups -OCH3 is 1. The van der Waals surface area contributed by atoms with Crippen molar-refractivity contribution in [3.05, 3.63) is 82.9 Å². The molecule has 0 bridgehead atoms. The maximum absolute atomic E-state index is 12.8. The van der Waals surface area contributed by atoms with Crippen molar-refractivity contribution in [3.63, 3.8) is 0 Å². The highest BCUT2D eigenvalue weighted by molar-refractivity contribution is 6.33. The van der Waals surface area contributed by atoms with Crippen molar-refractivity contribution in [2.24, 2.45) is 0 Å². The van der Waals surface area contributed by atoms with Gasteiger partial charge in [0, 0.05) is 10.9 Å². The number of carbonyl (C=O) groups excluding carboxylic acids is 2. The summed E-state index contributed by atoms with van der Waals surface area (Å²) >= 11 is 6.09. The molecule has 0 aliphatic rings. The fraction of sp³-hybridized carbons (Fsp3) is 0.120. The minimum Gasteiger partial charge on any atom is -0.497 e. The molecule has 162 valence electrons. The molecule has 0 saturated carbocycles. The van der Waals surface area contributed by atoms with Crippen LogP contribution in [0.3, 0.4) is 0 Å². The van der Waals surface area contributed by atoms with E-state index in [2.05, 4.69) is 0 Å². The molecule has 0 radical (unpaired) electrons. The van der Waals surface area contributed by atoms with Crippen molar-refractivity contribution in [1.82, 2.24) is 0 Å². The lowest BCUT2D eigenvalue weighted by atomic mass is 10.1. The Hall–Kier alpha value is -3.77. The number of ether oxygens (including phenoxy) is 3. The van der Waals surface area contributed by atoms with Gasteiger partial charge in [0.25, 0.3) is 0 Å². The first-order valence-corrected chi connectivity index (χ1v) is 10.2.